The van der Waals surface area contributed by atoms with Crippen molar-refractivity contribution < 1.29 is 22.3 Å². The highest BCUT2D eigenvalue weighted by molar-refractivity contribution is 9.10. The van der Waals surface area contributed by atoms with E-state index < -0.39 is 28.3 Å². The lowest BCUT2D eigenvalue weighted by molar-refractivity contribution is -0.114. The van der Waals surface area contributed by atoms with Gasteiger partial charge < -0.3 is 10.1 Å². The number of ether oxygens (including phenoxy) is 1. The topological polar surface area (TPSA) is 75.7 Å². The summed E-state index contributed by atoms with van der Waals surface area (Å²) in [6.45, 7) is 1.72. The van der Waals surface area contributed by atoms with Crippen LogP contribution in [-0.2, 0) is 14.8 Å². The molecule has 0 fully saturated rings. The molecule has 3 rings (SSSR count). The number of halogens is 3. The van der Waals surface area contributed by atoms with Crippen molar-refractivity contribution in [1.29, 1.82) is 0 Å². The summed E-state index contributed by atoms with van der Waals surface area (Å²) in [6.07, 6.45) is 0. The Morgan fingerprint density at radius 1 is 1.09 bits per heavy atom. The first-order chi connectivity index (χ1) is 15.2. The van der Waals surface area contributed by atoms with E-state index in [0.717, 1.165) is 16.4 Å². The maximum Gasteiger partial charge on any atom is 0.264 e. The predicted molar refractivity (Wildman–Crippen MR) is 126 cm³/mol. The van der Waals surface area contributed by atoms with E-state index in [1.807, 2.05) is 6.92 Å². The highest BCUT2D eigenvalue weighted by Crippen LogP contribution is 2.27. The quantitative estimate of drug-likeness (QED) is 0.410. The molecule has 0 heterocycles. The number of sulfonamides is 1. The number of nitrogens with zero attached hydrogens (tertiary/aromatic N) is 1. The van der Waals surface area contributed by atoms with Gasteiger partial charge in [-0.05, 0) is 89.6 Å². The van der Waals surface area contributed by atoms with Crippen molar-refractivity contribution in [1.82, 2.24) is 0 Å². The Bertz CT molecular complexity index is 1210. The molecule has 6 nitrogen and oxygen atoms in total. The Labute approximate surface area is 199 Å². The van der Waals surface area contributed by atoms with E-state index in [1.165, 1.54) is 42.5 Å². The zero-order valence-corrected chi connectivity index (χ0v) is 20.0. The first-order valence-electron chi connectivity index (χ1n) is 9.47. The molecule has 0 aliphatic heterocycles. The van der Waals surface area contributed by atoms with Crippen molar-refractivity contribution in [2.45, 2.75) is 11.8 Å². The number of hydrogen-bond donors (Lipinski definition) is 1. The van der Waals surface area contributed by atoms with Crippen molar-refractivity contribution in [2.24, 2.45) is 0 Å². The van der Waals surface area contributed by atoms with E-state index in [2.05, 4.69) is 21.2 Å². The molecular weight excluding hydrogens is 523 g/mol. The minimum atomic E-state index is -4.14. The van der Waals surface area contributed by atoms with Crippen LogP contribution in [0.1, 0.15) is 6.92 Å². The third kappa shape index (κ3) is 5.79. The highest BCUT2D eigenvalue weighted by atomic mass is 79.9. The highest BCUT2D eigenvalue weighted by Gasteiger charge is 2.27. The van der Waals surface area contributed by atoms with Crippen LogP contribution in [0.5, 0.6) is 5.75 Å². The third-order valence-electron chi connectivity index (χ3n) is 4.33. The average Bonchev–Trinajstić information content (AvgIpc) is 2.76. The Morgan fingerprint density at radius 3 is 2.34 bits per heavy atom. The second kappa shape index (κ2) is 10.3. The second-order valence-electron chi connectivity index (χ2n) is 6.57. The number of carbonyl (C=O) groups is 1. The smallest absolute Gasteiger partial charge is 0.264 e. The molecule has 10 heteroatoms. The van der Waals surface area contributed by atoms with Gasteiger partial charge in [-0.1, -0.05) is 11.6 Å². The number of anilines is 2. The van der Waals surface area contributed by atoms with Crippen LogP contribution < -0.4 is 14.4 Å². The Balaban J connectivity index is 1.91. The molecule has 1 N–H and O–H groups in total. The van der Waals surface area contributed by atoms with Gasteiger partial charge in [0.05, 0.1) is 22.2 Å². The van der Waals surface area contributed by atoms with Gasteiger partial charge in [0.1, 0.15) is 18.1 Å². The summed E-state index contributed by atoms with van der Waals surface area (Å²) in [5, 5.41) is 3.02. The fraction of sp³-hybridized carbons (Fsp3) is 0.136. The summed E-state index contributed by atoms with van der Waals surface area (Å²) in [5.41, 5.74) is 0.546. The normalized spacial score (nSPS) is 11.1. The van der Waals surface area contributed by atoms with Crippen LogP contribution in [0.4, 0.5) is 15.8 Å². The molecule has 0 saturated heterocycles. The van der Waals surface area contributed by atoms with Crippen molar-refractivity contribution in [3.8, 4) is 5.75 Å². The summed E-state index contributed by atoms with van der Waals surface area (Å²) >= 11 is 9.32. The number of carbonyl (C=O) groups excluding carboxylic acids is 1. The van der Waals surface area contributed by atoms with E-state index in [4.69, 9.17) is 16.3 Å². The summed E-state index contributed by atoms with van der Waals surface area (Å²) in [6, 6.07) is 15.5. The van der Waals surface area contributed by atoms with Crippen LogP contribution in [0.25, 0.3) is 0 Å². The largest absolute Gasteiger partial charge is 0.494 e. The molecule has 0 aliphatic carbocycles. The van der Waals surface area contributed by atoms with Crippen LogP contribution in [-0.4, -0.2) is 27.5 Å². The van der Waals surface area contributed by atoms with Crippen LogP contribution >= 0.6 is 27.5 Å². The van der Waals surface area contributed by atoms with Gasteiger partial charge in [-0.15, -0.1) is 0 Å². The molecule has 3 aromatic rings. The first kappa shape index (κ1) is 24.0. The lowest BCUT2D eigenvalue weighted by Gasteiger charge is -2.24. The van der Waals surface area contributed by atoms with E-state index >= 15 is 0 Å². The summed E-state index contributed by atoms with van der Waals surface area (Å²) < 4.78 is 47.1. The molecule has 0 spiro atoms. The van der Waals surface area contributed by atoms with Gasteiger partial charge in [-0.2, -0.15) is 0 Å². The molecular formula is C22H19BrClFN2O4S. The van der Waals surface area contributed by atoms with Crippen LogP contribution in [0.2, 0.25) is 5.02 Å². The zero-order valence-electron chi connectivity index (χ0n) is 16.9. The minimum Gasteiger partial charge on any atom is -0.494 e. The Kier molecular flexibility index (Phi) is 7.76. The molecule has 3 aromatic carbocycles. The minimum absolute atomic E-state index is 0.0373. The fourth-order valence-electron chi connectivity index (χ4n) is 2.83. The van der Waals surface area contributed by atoms with Gasteiger partial charge in [-0.3, -0.25) is 9.10 Å². The van der Waals surface area contributed by atoms with Gasteiger partial charge in [0, 0.05) is 10.2 Å². The van der Waals surface area contributed by atoms with Crippen LogP contribution in [0, 0.1) is 5.82 Å². The van der Waals surface area contributed by atoms with Gasteiger partial charge in [0.2, 0.25) is 5.91 Å². The number of amides is 1. The number of nitrogens with one attached hydrogen (secondary N) is 1. The maximum atomic E-state index is 13.4. The van der Waals surface area contributed by atoms with Crippen molar-refractivity contribution in [2.75, 3.05) is 22.8 Å². The molecule has 0 bridgehead atoms. The molecule has 168 valence electrons. The Hall–Kier alpha value is -2.62. The molecule has 1 amide bonds. The molecule has 0 atom stereocenters. The van der Waals surface area contributed by atoms with Gasteiger partial charge in [0.25, 0.3) is 10.0 Å². The summed E-state index contributed by atoms with van der Waals surface area (Å²) in [5.74, 6) is -0.604. The maximum absolute atomic E-state index is 13.4. The SMILES string of the molecule is CCOc1ccc(S(=O)(=O)N(CC(=O)Nc2ccc(Br)c(Cl)c2)c2ccc(F)cc2)cc1. The molecule has 0 saturated carbocycles. The predicted octanol–water partition coefficient (Wildman–Crippen LogP) is 5.47. The van der Waals surface area contributed by atoms with Crippen LogP contribution in [0.15, 0.2) is 76.1 Å². The first-order valence-corrected chi connectivity index (χ1v) is 12.1. The van der Waals surface area contributed by atoms with Gasteiger partial charge >= 0.3 is 0 Å². The lowest BCUT2D eigenvalue weighted by atomic mass is 10.3. The van der Waals surface area contributed by atoms with E-state index in [1.54, 1.807) is 12.1 Å². The number of rotatable bonds is 8. The van der Waals surface area contributed by atoms with Crippen molar-refractivity contribution in [3.05, 3.63) is 82.0 Å². The molecule has 0 unspecified atom stereocenters. The molecule has 0 aliphatic rings. The molecule has 0 aromatic heterocycles. The Morgan fingerprint density at radius 2 is 1.75 bits per heavy atom. The number of hydrogen-bond acceptors (Lipinski definition) is 4. The monoisotopic (exact) mass is 540 g/mol. The molecule has 0 radical (unpaired) electrons. The molecule has 32 heavy (non-hydrogen) atoms. The lowest BCUT2D eigenvalue weighted by Crippen LogP contribution is -2.38. The van der Waals surface area contributed by atoms with E-state index in [-0.39, 0.29) is 10.6 Å². The summed E-state index contributed by atoms with van der Waals surface area (Å²) in [7, 11) is -4.14. The average molecular weight is 542 g/mol. The van der Waals surface area contributed by atoms with Crippen LogP contribution in [0.3, 0.4) is 0 Å². The second-order valence-corrected chi connectivity index (χ2v) is 9.69. The van der Waals surface area contributed by atoms with Gasteiger partial charge in [0.15, 0.2) is 0 Å². The summed E-state index contributed by atoms with van der Waals surface area (Å²) in [4.78, 5) is 12.7. The van der Waals surface area contributed by atoms with Crippen molar-refractivity contribution >= 4 is 54.8 Å². The van der Waals surface area contributed by atoms with Gasteiger partial charge in [-0.25, -0.2) is 12.8 Å². The third-order valence-corrected chi connectivity index (χ3v) is 7.35. The number of benzene rings is 3. The standard InChI is InChI=1S/C22H19BrClFN2O4S/c1-2-31-18-8-10-19(11-9-18)32(29,30)27(17-6-3-15(25)4-7-17)14-22(28)26-16-5-12-20(23)21(24)13-16/h3-13H,2,14H2,1H3,(H,26,28). The fourth-order valence-corrected chi connectivity index (χ4v) is 4.68. The zero-order chi connectivity index (χ0) is 23.3. The van der Waals surface area contributed by atoms with E-state index in [9.17, 15) is 17.6 Å². The van der Waals surface area contributed by atoms with E-state index in [0.29, 0.717) is 27.5 Å². The van der Waals surface area contributed by atoms with Crippen molar-refractivity contribution in [3.63, 3.8) is 0 Å².